The molecule has 1 aliphatic heterocycles. The molecule has 1 aliphatic rings. The molecular weight excluding hydrogens is 326 g/mol. The zero-order chi connectivity index (χ0) is 18.0. The fraction of sp³-hybridized carbons (Fsp3) is 0.263. The van der Waals surface area contributed by atoms with Crippen LogP contribution in [0.25, 0.3) is 0 Å². The topological polar surface area (TPSA) is 40.6 Å². The van der Waals surface area contributed by atoms with E-state index < -0.39 is 23.4 Å². The minimum Gasteiger partial charge on any atom is -0.335 e. The van der Waals surface area contributed by atoms with Gasteiger partial charge < -0.3 is 9.80 Å². The molecule has 2 amide bonds. The highest BCUT2D eigenvalue weighted by molar-refractivity contribution is 5.96. The van der Waals surface area contributed by atoms with Crippen LogP contribution in [-0.2, 0) is 0 Å². The summed E-state index contributed by atoms with van der Waals surface area (Å²) < 4.78 is 27.6. The third-order valence-corrected chi connectivity index (χ3v) is 4.38. The Morgan fingerprint density at radius 1 is 0.880 bits per heavy atom. The summed E-state index contributed by atoms with van der Waals surface area (Å²) in [6.07, 6.45) is 0. The lowest BCUT2D eigenvalue weighted by molar-refractivity contribution is 0.0409. The molecule has 0 aliphatic carbocycles. The molecule has 1 atom stereocenters. The number of hydrogen-bond acceptors (Lipinski definition) is 2. The number of benzene rings is 2. The first kappa shape index (κ1) is 17.1. The Hall–Kier alpha value is -2.76. The Kier molecular flexibility index (Phi) is 4.79. The van der Waals surface area contributed by atoms with Gasteiger partial charge in [-0.3, -0.25) is 9.59 Å². The molecule has 130 valence electrons. The maximum atomic E-state index is 13.8. The summed E-state index contributed by atoms with van der Waals surface area (Å²) in [6, 6.07) is 11.4. The van der Waals surface area contributed by atoms with E-state index in [2.05, 4.69) is 0 Å². The maximum absolute atomic E-state index is 13.8. The molecule has 2 aromatic rings. The Labute approximate surface area is 144 Å². The molecule has 25 heavy (non-hydrogen) atoms. The zero-order valence-corrected chi connectivity index (χ0v) is 13.8. The summed E-state index contributed by atoms with van der Waals surface area (Å²) in [4.78, 5) is 28.1. The average molecular weight is 344 g/mol. The van der Waals surface area contributed by atoms with E-state index in [1.165, 1.54) is 41.3 Å². The van der Waals surface area contributed by atoms with Crippen molar-refractivity contribution in [1.29, 1.82) is 0 Å². The molecule has 0 bridgehead atoms. The molecule has 0 aromatic heterocycles. The van der Waals surface area contributed by atoms with E-state index in [9.17, 15) is 18.4 Å². The molecule has 0 spiro atoms. The summed E-state index contributed by atoms with van der Waals surface area (Å²) in [5.41, 5.74) is 0.0341. The van der Waals surface area contributed by atoms with Gasteiger partial charge in [0.2, 0.25) is 0 Å². The molecule has 0 saturated carbocycles. The summed E-state index contributed by atoms with van der Waals surface area (Å²) in [6.45, 7) is 2.61. The van der Waals surface area contributed by atoms with Crippen molar-refractivity contribution in [2.75, 3.05) is 19.6 Å². The van der Waals surface area contributed by atoms with Crippen LogP contribution < -0.4 is 0 Å². The van der Waals surface area contributed by atoms with Crippen LogP contribution in [0.1, 0.15) is 27.6 Å². The van der Waals surface area contributed by atoms with Crippen LogP contribution in [0.4, 0.5) is 8.78 Å². The summed E-state index contributed by atoms with van der Waals surface area (Å²) in [5.74, 6) is -1.93. The van der Waals surface area contributed by atoms with Gasteiger partial charge in [-0.25, -0.2) is 8.78 Å². The largest absolute Gasteiger partial charge is 0.335 e. The Balaban J connectivity index is 1.73. The van der Waals surface area contributed by atoms with Gasteiger partial charge in [0.25, 0.3) is 11.8 Å². The van der Waals surface area contributed by atoms with Gasteiger partial charge in [0.15, 0.2) is 0 Å². The van der Waals surface area contributed by atoms with Crippen molar-refractivity contribution in [3.63, 3.8) is 0 Å². The fourth-order valence-electron chi connectivity index (χ4n) is 3.04. The van der Waals surface area contributed by atoms with Gasteiger partial charge in [-0.15, -0.1) is 0 Å². The van der Waals surface area contributed by atoms with Gasteiger partial charge in [-0.05, 0) is 31.2 Å². The van der Waals surface area contributed by atoms with E-state index in [4.69, 9.17) is 0 Å². The monoisotopic (exact) mass is 344 g/mol. The van der Waals surface area contributed by atoms with Gasteiger partial charge in [-0.2, -0.15) is 0 Å². The molecule has 0 radical (unpaired) electrons. The highest BCUT2D eigenvalue weighted by atomic mass is 19.1. The second-order valence-corrected chi connectivity index (χ2v) is 6.06. The van der Waals surface area contributed by atoms with Gasteiger partial charge in [0.1, 0.15) is 11.6 Å². The van der Waals surface area contributed by atoms with E-state index in [0.29, 0.717) is 0 Å². The lowest BCUT2D eigenvalue weighted by Crippen LogP contribution is -2.55. The van der Waals surface area contributed by atoms with Crippen LogP contribution in [0.5, 0.6) is 0 Å². The second kappa shape index (κ2) is 7.01. The van der Waals surface area contributed by atoms with Gasteiger partial charge in [-0.1, -0.05) is 24.3 Å². The minimum absolute atomic E-state index is 0.0169. The number of amides is 2. The van der Waals surface area contributed by atoms with E-state index in [1.807, 2.05) is 0 Å². The number of nitrogens with zero attached hydrogens (tertiary/aromatic N) is 2. The minimum atomic E-state index is -0.565. The van der Waals surface area contributed by atoms with E-state index >= 15 is 0 Å². The van der Waals surface area contributed by atoms with E-state index in [-0.39, 0.29) is 36.8 Å². The first-order valence-electron chi connectivity index (χ1n) is 8.08. The summed E-state index contributed by atoms with van der Waals surface area (Å²) in [7, 11) is 0. The van der Waals surface area contributed by atoms with Gasteiger partial charge in [0.05, 0.1) is 11.1 Å². The molecule has 6 heteroatoms. The predicted octanol–water partition coefficient (Wildman–Crippen LogP) is 2.95. The number of piperazine rings is 1. The van der Waals surface area contributed by atoms with Crippen molar-refractivity contribution in [3.05, 3.63) is 71.3 Å². The first-order chi connectivity index (χ1) is 12.0. The number of hydrogen-bond donors (Lipinski definition) is 0. The van der Waals surface area contributed by atoms with Gasteiger partial charge in [0, 0.05) is 25.7 Å². The molecule has 1 saturated heterocycles. The number of rotatable bonds is 2. The molecular formula is C19H18F2N2O2. The summed E-state index contributed by atoms with van der Waals surface area (Å²) >= 11 is 0. The lowest BCUT2D eigenvalue weighted by Gasteiger charge is -2.40. The molecule has 3 rings (SSSR count). The molecule has 0 N–H and O–H groups in total. The molecule has 1 heterocycles. The number of carbonyl (C=O) groups excluding carboxylic acids is 2. The Morgan fingerprint density at radius 3 is 1.92 bits per heavy atom. The van der Waals surface area contributed by atoms with Crippen molar-refractivity contribution in [3.8, 4) is 0 Å². The first-order valence-corrected chi connectivity index (χ1v) is 8.08. The number of carbonyl (C=O) groups is 2. The van der Waals surface area contributed by atoms with Crippen LogP contribution in [0.15, 0.2) is 48.5 Å². The Morgan fingerprint density at radius 2 is 1.40 bits per heavy atom. The van der Waals surface area contributed by atoms with Crippen molar-refractivity contribution in [1.82, 2.24) is 9.80 Å². The maximum Gasteiger partial charge on any atom is 0.257 e. The van der Waals surface area contributed by atoms with Crippen molar-refractivity contribution in [2.45, 2.75) is 13.0 Å². The second-order valence-electron chi connectivity index (χ2n) is 6.06. The van der Waals surface area contributed by atoms with Crippen LogP contribution in [-0.4, -0.2) is 47.3 Å². The van der Waals surface area contributed by atoms with Crippen LogP contribution in [0.2, 0.25) is 0 Å². The van der Waals surface area contributed by atoms with Crippen LogP contribution in [0.3, 0.4) is 0 Å². The van der Waals surface area contributed by atoms with Gasteiger partial charge >= 0.3 is 0 Å². The lowest BCUT2D eigenvalue weighted by atomic mass is 10.1. The predicted molar refractivity (Wildman–Crippen MR) is 89.2 cm³/mol. The Bertz CT molecular complexity index is 810. The quantitative estimate of drug-likeness (QED) is 0.840. The van der Waals surface area contributed by atoms with E-state index in [0.717, 1.165) is 0 Å². The van der Waals surface area contributed by atoms with Crippen LogP contribution in [0, 0.1) is 11.6 Å². The average Bonchev–Trinajstić information content (AvgIpc) is 2.61. The van der Waals surface area contributed by atoms with Crippen molar-refractivity contribution >= 4 is 11.8 Å². The van der Waals surface area contributed by atoms with E-state index in [1.54, 1.807) is 24.0 Å². The van der Waals surface area contributed by atoms with Crippen molar-refractivity contribution in [2.24, 2.45) is 0 Å². The zero-order valence-electron chi connectivity index (χ0n) is 13.8. The smallest absolute Gasteiger partial charge is 0.257 e. The molecule has 0 unspecified atom stereocenters. The third-order valence-electron chi connectivity index (χ3n) is 4.38. The fourth-order valence-corrected chi connectivity index (χ4v) is 3.04. The standard InChI is InChI=1S/C19H18F2N2O2/c1-13-12-22(18(24)14-6-2-4-8-16(14)20)10-11-23(13)19(25)15-7-3-5-9-17(15)21/h2-9,13H,10-12H2,1H3/t13-/m1/s1. The normalized spacial score (nSPS) is 17.5. The molecule has 2 aromatic carbocycles. The van der Waals surface area contributed by atoms with Crippen LogP contribution >= 0.6 is 0 Å². The summed E-state index contributed by atoms with van der Waals surface area (Å²) in [5, 5.41) is 0. The molecule has 4 nitrogen and oxygen atoms in total. The SMILES string of the molecule is C[C@@H]1CN(C(=O)c2ccccc2F)CCN1C(=O)c1ccccc1F. The molecule has 1 fully saturated rings. The highest BCUT2D eigenvalue weighted by Gasteiger charge is 2.32. The highest BCUT2D eigenvalue weighted by Crippen LogP contribution is 2.18. The van der Waals surface area contributed by atoms with Crippen molar-refractivity contribution < 1.29 is 18.4 Å². The third kappa shape index (κ3) is 3.38. The number of halogens is 2.